The molecule has 0 aliphatic rings. The summed E-state index contributed by atoms with van der Waals surface area (Å²) in [6, 6.07) is 5.52. The summed E-state index contributed by atoms with van der Waals surface area (Å²) in [6.45, 7) is 16.2. The number of benzene rings is 1. The maximum Gasteiger partial charge on any atom is 0.224 e. The van der Waals surface area contributed by atoms with Gasteiger partial charge in [0.15, 0.2) is 11.5 Å². The van der Waals surface area contributed by atoms with Crippen LogP contribution in [0.1, 0.15) is 66.9 Å². The first kappa shape index (κ1) is 35.6. The molecule has 40 heavy (non-hydrogen) atoms. The summed E-state index contributed by atoms with van der Waals surface area (Å²) in [4.78, 5) is 26.8. The molecule has 1 aromatic carbocycles. The summed E-state index contributed by atoms with van der Waals surface area (Å²) in [5.41, 5.74) is 12.1. The van der Waals surface area contributed by atoms with Gasteiger partial charge in [0.1, 0.15) is 0 Å². The number of hydrogen-bond donors (Lipinski definition) is 4. The molecule has 2 amide bonds. The van der Waals surface area contributed by atoms with Crippen molar-refractivity contribution in [2.24, 2.45) is 28.7 Å². The molecule has 0 bridgehead atoms. The number of aliphatic hydroxyl groups excluding tert-OH is 1. The summed E-state index contributed by atoms with van der Waals surface area (Å²) in [7, 11) is 1.67. The van der Waals surface area contributed by atoms with Crippen LogP contribution in [-0.2, 0) is 20.9 Å². The molecule has 0 fully saturated rings. The standard InChI is InChI=1S/C30H54N4O6/c1-9-39-26-12-11-22(15-27(26)40-14-10-13-38-8)17-34(21(4)5)18-24(31)25(35)16-23(20(2)3)28(36)33-19-30(6,7)29(32)37/h11-12,15,20-21,23-25,35H,9-10,13-14,16-19,31H2,1-8H3,(H2,32,37)(H,33,36)/t23-,24-,25-/m0/s1. The summed E-state index contributed by atoms with van der Waals surface area (Å²) >= 11 is 0. The van der Waals surface area contributed by atoms with E-state index in [2.05, 4.69) is 24.1 Å². The Kier molecular flexibility index (Phi) is 15.5. The number of carbonyl (C=O) groups excluding carboxylic acids is 2. The van der Waals surface area contributed by atoms with Crippen LogP contribution < -0.4 is 26.3 Å². The van der Waals surface area contributed by atoms with E-state index in [9.17, 15) is 14.7 Å². The number of carbonyl (C=O) groups is 2. The van der Waals surface area contributed by atoms with Crippen molar-refractivity contribution in [3.05, 3.63) is 23.8 Å². The summed E-state index contributed by atoms with van der Waals surface area (Å²) in [5.74, 6) is 0.204. The third kappa shape index (κ3) is 12.0. The van der Waals surface area contributed by atoms with Crippen LogP contribution in [0.25, 0.3) is 0 Å². The van der Waals surface area contributed by atoms with Gasteiger partial charge >= 0.3 is 0 Å². The molecule has 0 saturated heterocycles. The van der Waals surface area contributed by atoms with Crippen molar-refractivity contribution in [2.45, 2.75) is 86.0 Å². The number of hydrogen-bond acceptors (Lipinski definition) is 8. The molecule has 0 heterocycles. The van der Waals surface area contributed by atoms with Gasteiger partial charge in [-0.1, -0.05) is 19.9 Å². The SMILES string of the molecule is CCOc1ccc(CN(C[C@H](N)[C@@H](O)C[C@H](C(=O)NCC(C)(C)C(N)=O)C(C)C)C(C)C)cc1OCCCOC. The highest BCUT2D eigenvalue weighted by atomic mass is 16.5. The minimum Gasteiger partial charge on any atom is -0.490 e. The number of amides is 2. The molecule has 0 saturated carbocycles. The van der Waals surface area contributed by atoms with Crippen molar-refractivity contribution in [2.75, 3.05) is 40.0 Å². The van der Waals surface area contributed by atoms with Gasteiger partial charge in [0.05, 0.1) is 24.7 Å². The Hall–Kier alpha value is -2.40. The number of ether oxygens (including phenoxy) is 3. The van der Waals surface area contributed by atoms with Crippen molar-refractivity contribution in [1.82, 2.24) is 10.2 Å². The number of primary amides is 1. The minimum absolute atomic E-state index is 0.0223. The second kappa shape index (κ2) is 17.4. The van der Waals surface area contributed by atoms with Gasteiger partial charge in [-0.05, 0) is 64.7 Å². The molecule has 0 radical (unpaired) electrons. The van der Waals surface area contributed by atoms with Crippen molar-refractivity contribution in [3.63, 3.8) is 0 Å². The molecule has 10 nitrogen and oxygen atoms in total. The molecule has 0 spiro atoms. The first-order valence-corrected chi connectivity index (χ1v) is 14.4. The first-order valence-electron chi connectivity index (χ1n) is 14.4. The van der Waals surface area contributed by atoms with E-state index in [-0.39, 0.29) is 30.8 Å². The van der Waals surface area contributed by atoms with Gasteiger partial charge in [0.2, 0.25) is 11.8 Å². The highest BCUT2D eigenvalue weighted by Gasteiger charge is 2.31. The van der Waals surface area contributed by atoms with Crippen molar-refractivity contribution in [1.29, 1.82) is 0 Å². The van der Waals surface area contributed by atoms with Crippen LogP contribution in [0, 0.1) is 17.3 Å². The van der Waals surface area contributed by atoms with Gasteiger partial charge in [-0.15, -0.1) is 0 Å². The molecule has 1 aromatic rings. The molecule has 0 aromatic heterocycles. The van der Waals surface area contributed by atoms with Crippen LogP contribution in [0.15, 0.2) is 18.2 Å². The lowest BCUT2D eigenvalue weighted by Crippen LogP contribution is -2.49. The van der Waals surface area contributed by atoms with E-state index < -0.39 is 29.4 Å². The number of rotatable bonds is 20. The molecule has 230 valence electrons. The number of nitrogens with two attached hydrogens (primary N) is 2. The molecule has 1 rings (SSSR count). The molecule has 6 N–H and O–H groups in total. The molecule has 0 aliphatic heterocycles. The van der Waals surface area contributed by atoms with E-state index in [0.717, 1.165) is 12.0 Å². The van der Waals surface area contributed by atoms with Crippen LogP contribution in [-0.4, -0.2) is 80.0 Å². The van der Waals surface area contributed by atoms with E-state index in [0.29, 0.717) is 44.4 Å². The predicted octanol–water partition coefficient (Wildman–Crippen LogP) is 2.69. The van der Waals surface area contributed by atoms with E-state index >= 15 is 0 Å². The fourth-order valence-corrected chi connectivity index (χ4v) is 4.15. The highest BCUT2D eigenvalue weighted by Crippen LogP contribution is 2.30. The summed E-state index contributed by atoms with van der Waals surface area (Å²) in [6.07, 6.45) is 0.106. The average Bonchev–Trinajstić information content (AvgIpc) is 2.88. The van der Waals surface area contributed by atoms with Gasteiger partial charge in [0.25, 0.3) is 0 Å². The fraction of sp³-hybridized carbons (Fsp3) is 0.733. The van der Waals surface area contributed by atoms with E-state index in [1.807, 2.05) is 39.0 Å². The highest BCUT2D eigenvalue weighted by molar-refractivity contribution is 5.83. The Labute approximate surface area is 241 Å². The number of nitrogens with one attached hydrogen (secondary N) is 1. The lowest BCUT2D eigenvalue weighted by molar-refractivity contribution is -0.130. The van der Waals surface area contributed by atoms with Crippen LogP contribution in [0.4, 0.5) is 0 Å². The van der Waals surface area contributed by atoms with Crippen molar-refractivity contribution < 1.29 is 28.9 Å². The smallest absolute Gasteiger partial charge is 0.224 e. The second-order valence-electron chi connectivity index (χ2n) is 11.7. The maximum atomic E-state index is 12.9. The quantitative estimate of drug-likeness (QED) is 0.176. The zero-order chi connectivity index (χ0) is 30.5. The Morgan fingerprint density at radius 2 is 1.77 bits per heavy atom. The van der Waals surface area contributed by atoms with Gasteiger partial charge in [-0.2, -0.15) is 0 Å². The Morgan fingerprint density at radius 1 is 1.10 bits per heavy atom. The van der Waals surface area contributed by atoms with E-state index in [1.54, 1.807) is 21.0 Å². The zero-order valence-corrected chi connectivity index (χ0v) is 25.9. The molecule has 0 aliphatic carbocycles. The van der Waals surface area contributed by atoms with Crippen LogP contribution in [0.3, 0.4) is 0 Å². The minimum atomic E-state index is -0.886. The third-order valence-electron chi connectivity index (χ3n) is 7.12. The van der Waals surface area contributed by atoms with Gasteiger partial charge in [-0.25, -0.2) is 0 Å². The molecule has 3 atom stereocenters. The summed E-state index contributed by atoms with van der Waals surface area (Å²) < 4.78 is 16.8. The summed E-state index contributed by atoms with van der Waals surface area (Å²) in [5, 5.41) is 13.9. The number of nitrogens with zero attached hydrogens (tertiary/aromatic N) is 1. The Balaban J connectivity index is 2.90. The third-order valence-corrected chi connectivity index (χ3v) is 7.12. The molecule has 0 unspecified atom stereocenters. The Bertz CT molecular complexity index is 908. The molecule has 10 heteroatoms. The van der Waals surface area contributed by atoms with Crippen LogP contribution in [0.5, 0.6) is 11.5 Å². The first-order chi connectivity index (χ1) is 18.7. The predicted molar refractivity (Wildman–Crippen MR) is 158 cm³/mol. The number of aliphatic hydroxyl groups is 1. The molecular weight excluding hydrogens is 512 g/mol. The normalized spacial score (nSPS) is 14.3. The van der Waals surface area contributed by atoms with Crippen LogP contribution in [0.2, 0.25) is 0 Å². The average molecular weight is 567 g/mol. The van der Waals surface area contributed by atoms with E-state index in [1.165, 1.54) is 0 Å². The van der Waals surface area contributed by atoms with Crippen molar-refractivity contribution in [3.8, 4) is 11.5 Å². The molecular formula is C30H54N4O6. The van der Waals surface area contributed by atoms with E-state index in [4.69, 9.17) is 25.7 Å². The zero-order valence-electron chi connectivity index (χ0n) is 25.9. The maximum absolute atomic E-state index is 12.9. The topological polar surface area (TPSA) is 149 Å². The van der Waals surface area contributed by atoms with Gasteiger partial charge in [0, 0.05) is 57.8 Å². The second-order valence-corrected chi connectivity index (χ2v) is 11.7. The van der Waals surface area contributed by atoms with Gasteiger partial charge in [-0.3, -0.25) is 14.5 Å². The Morgan fingerprint density at radius 3 is 2.33 bits per heavy atom. The number of methoxy groups -OCH3 is 1. The lowest BCUT2D eigenvalue weighted by atomic mass is 9.86. The fourth-order valence-electron chi connectivity index (χ4n) is 4.15. The largest absolute Gasteiger partial charge is 0.490 e. The lowest BCUT2D eigenvalue weighted by Gasteiger charge is -2.33. The monoisotopic (exact) mass is 566 g/mol. The van der Waals surface area contributed by atoms with Crippen molar-refractivity contribution >= 4 is 11.8 Å². The van der Waals surface area contributed by atoms with Crippen LogP contribution >= 0.6 is 0 Å². The van der Waals surface area contributed by atoms with Gasteiger partial charge < -0.3 is 36.1 Å².